The van der Waals surface area contributed by atoms with Crippen molar-refractivity contribution in [3.63, 3.8) is 0 Å². The van der Waals surface area contributed by atoms with E-state index in [9.17, 15) is 0 Å². The second-order valence-electron chi connectivity index (χ2n) is 3.89. The van der Waals surface area contributed by atoms with Crippen molar-refractivity contribution in [1.29, 1.82) is 0 Å². The molecule has 17 heavy (non-hydrogen) atoms. The zero-order valence-corrected chi connectivity index (χ0v) is 12.0. The van der Waals surface area contributed by atoms with E-state index in [0.717, 1.165) is 20.2 Å². The highest BCUT2D eigenvalue weighted by Gasteiger charge is 2.05. The molecule has 3 heteroatoms. The Balaban J connectivity index is 2.18. The van der Waals surface area contributed by atoms with Crippen molar-refractivity contribution < 1.29 is 0 Å². The lowest BCUT2D eigenvalue weighted by Gasteiger charge is -1.97. The zero-order valence-electron chi connectivity index (χ0n) is 8.87. The van der Waals surface area contributed by atoms with E-state index in [1.165, 1.54) is 10.9 Å². The van der Waals surface area contributed by atoms with Crippen molar-refractivity contribution in [2.45, 2.75) is 0 Å². The average molecular weight is 351 g/mol. The molecule has 0 amide bonds. The second-order valence-corrected chi connectivity index (χ2v) is 5.66. The van der Waals surface area contributed by atoms with Crippen molar-refractivity contribution in [3.8, 4) is 11.3 Å². The first-order chi connectivity index (χ1) is 8.24. The summed E-state index contributed by atoms with van der Waals surface area (Å²) < 4.78 is 2.22. The van der Waals surface area contributed by atoms with Crippen LogP contribution in [0.1, 0.15) is 0 Å². The van der Waals surface area contributed by atoms with E-state index in [-0.39, 0.29) is 0 Å². The molecule has 0 aliphatic heterocycles. The topological polar surface area (TPSA) is 15.8 Å². The number of H-pyrrole nitrogens is 1. The van der Waals surface area contributed by atoms with Crippen LogP contribution in [0.15, 0.2) is 57.5 Å². The number of aromatic nitrogens is 1. The number of halogens is 2. The van der Waals surface area contributed by atoms with Crippen LogP contribution in [-0.2, 0) is 0 Å². The van der Waals surface area contributed by atoms with Gasteiger partial charge < -0.3 is 4.98 Å². The molecular formula is C14H9Br2N. The van der Waals surface area contributed by atoms with Gasteiger partial charge in [-0.1, -0.05) is 50.1 Å². The van der Waals surface area contributed by atoms with E-state index in [4.69, 9.17) is 0 Å². The molecule has 0 atom stereocenters. The summed E-state index contributed by atoms with van der Waals surface area (Å²) >= 11 is 7.01. The lowest BCUT2D eigenvalue weighted by molar-refractivity contribution is 1.45. The van der Waals surface area contributed by atoms with E-state index in [1.807, 2.05) is 6.07 Å². The molecule has 0 unspecified atom stereocenters. The number of benzene rings is 2. The minimum Gasteiger partial charge on any atom is -0.354 e. The monoisotopic (exact) mass is 349 g/mol. The van der Waals surface area contributed by atoms with Gasteiger partial charge in [0.25, 0.3) is 0 Å². The van der Waals surface area contributed by atoms with E-state index in [2.05, 4.69) is 79.3 Å². The van der Waals surface area contributed by atoms with E-state index < -0.39 is 0 Å². The predicted molar refractivity (Wildman–Crippen MR) is 79.1 cm³/mol. The molecule has 0 spiro atoms. The molecule has 0 fully saturated rings. The number of fused-ring (bicyclic) bond motifs is 1. The first kappa shape index (κ1) is 11.1. The van der Waals surface area contributed by atoms with Crippen LogP contribution in [0.5, 0.6) is 0 Å². The Morgan fingerprint density at radius 3 is 2.35 bits per heavy atom. The van der Waals surface area contributed by atoms with Gasteiger partial charge in [0, 0.05) is 25.5 Å². The average Bonchev–Trinajstić information content (AvgIpc) is 2.75. The Bertz CT molecular complexity index is 668. The molecule has 84 valence electrons. The van der Waals surface area contributed by atoms with Crippen molar-refractivity contribution in [2.24, 2.45) is 0 Å². The molecule has 2 aromatic carbocycles. The van der Waals surface area contributed by atoms with Gasteiger partial charge in [-0.3, -0.25) is 0 Å². The smallest absolute Gasteiger partial charge is 0.0470 e. The van der Waals surface area contributed by atoms with Gasteiger partial charge in [0.1, 0.15) is 0 Å². The molecule has 0 saturated heterocycles. The summed E-state index contributed by atoms with van der Waals surface area (Å²) in [5.74, 6) is 0. The lowest BCUT2D eigenvalue weighted by Crippen LogP contribution is -1.75. The first-order valence-corrected chi connectivity index (χ1v) is 6.86. The molecule has 0 radical (unpaired) electrons. The van der Waals surface area contributed by atoms with Gasteiger partial charge in [-0.25, -0.2) is 0 Å². The maximum atomic E-state index is 3.57. The van der Waals surface area contributed by atoms with E-state index in [1.54, 1.807) is 0 Å². The Hall–Kier alpha value is -1.06. The Morgan fingerprint density at radius 1 is 0.882 bits per heavy atom. The van der Waals surface area contributed by atoms with Crippen LogP contribution in [0, 0.1) is 0 Å². The SMILES string of the molecule is Brc1ccc(-c2cc3c(Br)cccc3[nH]2)cc1. The number of aromatic amines is 1. The Kier molecular flexibility index (Phi) is 2.81. The van der Waals surface area contributed by atoms with Crippen LogP contribution in [0.3, 0.4) is 0 Å². The fourth-order valence-electron chi connectivity index (χ4n) is 1.90. The molecule has 0 bridgehead atoms. The molecule has 0 saturated carbocycles. The molecule has 3 aromatic rings. The summed E-state index contributed by atoms with van der Waals surface area (Å²) in [7, 11) is 0. The van der Waals surface area contributed by atoms with Gasteiger partial charge in [0.05, 0.1) is 0 Å². The maximum absolute atomic E-state index is 3.57. The van der Waals surface area contributed by atoms with Gasteiger partial charge >= 0.3 is 0 Å². The predicted octanol–water partition coefficient (Wildman–Crippen LogP) is 5.36. The Morgan fingerprint density at radius 2 is 1.65 bits per heavy atom. The fourth-order valence-corrected chi connectivity index (χ4v) is 2.65. The number of rotatable bonds is 1. The molecular weight excluding hydrogens is 342 g/mol. The second kappa shape index (κ2) is 4.31. The van der Waals surface area contributed by atoms with Crippen molar-refractivity contribution in [3.05, 3.63) is 57.5 Å². The van der Waals surface area contributed by atoms with Gasteiger partial charge in [0.2, 0.25) is 0 Å². The highest BCUT2D eigenvalue weighted by atomic mass is 79.9. The maximum Gasteiger partial charge on any atom is 0.0470 e. The van der Waals surface area contributed by atoms with Gasteiger partial charge in [-0.05, 0) is 35.9 Å². The molecule has 1 N–H and O–H groups in total. The summed E-state index contributed by atoms with van der Waals surface area (Å²) in [5, 5.41) is 1.21. The Labute approximate surface area is 116 Å². The quantitative estimate of drug-likeness (QED) is 0.608. The zero-order chi connectivity index (χ0) is 11.8. The van der Waals surface area contributed by atoms with Crippen LogP contribution in [0.25, 0.3) is 22.2 Å². The summed E-state index contributed by atoms with van der Waals surface area (Å²) in [4.78, 5) is 3.43. The number of hydrogen-bond acceptors (Lipinski definition) is 0. The minimum absolute atomic E-state index is 1.10. The summed E-state index contributed by atoms with van der Waals surface area (Å²) in [5.41, 5.74) is 3.48. The van der Waals surface area contributed by atoms with Crippen molar-refractivity contribution in [2.75, 3.05) is 0 Å². The highest BCUT2D eigenvalue weighted by Crippen LogP contribution is 2.29. The third kappa shape index (κ3) is 2.05. The number of hydrogen-bond donors (Lipinski definition) is 1. The van der Waals surface area contributed by atoms with E-state index >= 15 is 0 Å². The van der Waals surface area contributed by atoms with Gasteiger partial charge in [-0.2, -0.15) is 0 Å². The summed E-state index contributed by atoms with van der Waals surface area (Å²) in [6, 6.07) is 16.7. The van der Waals surface area contributed by atoms with Crippen molar-refractivity contribution >= 4 is 42.8 Å². The van der Waals surface area contributed by atoms with Gasteiger partial charge in [0.15, 0.2) is 0 Å². The molecule has 1 heterocycles. The normalized spacial score (nSPS) is 10.9. The largest absolute Gasteiger partial charge is 0.354 e. The molecule has 3 rings (SSSR count). The summed E-state index contributed by atoms with van der Waals surface area (Å²) in [6.07, 6.45) is 0. The van der Waals surface area contributed by atoms with E-state index in [0.29, 0.717) is 0 Å². The third-order valence-corrected chi connectivity index (χ3v) is 3.99. The van der Waals surface area contributed by atoms with Crippen LogP contribution < -0.4 is 0 Å². The van der Waals surface area contributed by atoms with Crippen LogP contribution in [0.4, 0.5) is 0 Å². The van der Waals surface area contributed by atoms with Crippen molar-refractivity contribution in [1.82, 2.24) is 4.98 Å². The molecule has 0 aliphatic rings. The molecule has 0 aliphatic carbocycles. The molecule has 1 aromatic heterocycles. The highest BCUT2D eigenvalue weighted by molar-refractivity contribution is 9.11. The van der Waals surface area contributed by atoms with Crippen LogP contribution in [-0.4, -0.2) is 4.98 Å². The number of nitrogens with one attached hydrogen (secondary N) is 1. The summed E-state index contributed by atoms with van der Waals surface area (Å²) in [6.45, 7) is 0. The minimum atomic E-state index is 1.10. The molecule has 1 nitrogen and oxygen atoms in total. The van der Waals surface area contributed by atoms with Crippen LogP contribution in [0.2, 0.25) is 0 Å². The van der Waals surface area contributed by atoms with Gasteiger partial charge in [-0.15, -0.1) is 0 Å². The lowest BCUT2D eigenvalue weighted by atomic mass is 10.1. The third-order valence-electron chi connectivity index (χ3n) is 2.77. The first-order valence-electron chi connectivity index (χ1n) is 5.27. The van der Waals surface area contributed by atoms with Crippen LogP contribution >= 0.6 is 31.9 Å². The fraction of sp³-hybridized carbons (Fsp3) is 0. The standard InChI is InChI=1S/C14H9Br2N/c15-10-6-4-9(5-7-10)14-8-11-12(16)2-1-3-13(11)17-14/h1-8,17H.